The predicted molar refractivity (Wildman–Crippen MR) is 129 cm³/mol. The van der Waals surface area contributed by atoms with E-state index in [1.54, 1.807) is 23.2 Å². The molecule has 0 bridgehead atoms. The maximum absolute atomic E-state index is 13.0. The SMILES string of the molecule is Cc1cc(C(F)(F)F)ccc1NC(=O)c1ccc2c(c1)CN(C(=O)Cc1cnc3ccccn13)CC2. The number of amides is 2. The topological polar surface area (TPSA) is 66.7 Å². The van der Waals surface area contributed by atoms with Crippen molar-refractivity contribution in [2.45, 2.75) is 32.5 Å². The van der Waals surface area contributed by atoms with E-state index in [1.807, 2.05) is 34.9 Å². The summed E-state index contributed by atoms with van der Waals surface area (Å²) in [5.74, 6) is -0.448. The zero-order valence-corrected chi connectivity index (χ0v) is 19.5. The molecule has 0 saturated carbocycles. The highest BCUT2D eigenvalue weighted by Crippen LogP contribution is 2.32. The molecule has 0 fully saturated rings. The number of aromatic nitrogens is 2. The second-order valence-electron chi connectivity index (χ2n) is 8.89. The Kier molecular flexibility index (Phi) is 5.99. The Morgan fingerprint density at radius 1 is 1.06 bits per heavy atom. The highest BCUT2D eigenvalue weighted by Gasteiger charge is 2.30. The Balaban J connectivity index is 1.29. The van der Waals surface area contributed by atoms with Crippen molar-refractivity contribution in [3.05, 3.63) is 101 Å². The summed E-state index contributed by atoms with van der Waals surface area (Å²) in [4.78, 5) is 32.0. The van der Waals surface area contributed by atoms with Gasteiger partial charge in [-0.05, 0) is 72.5 Å². The third kappa shape index (κ3) is 4.68. The number of halogens is 3. The van der Waals surface area contributed by atoms with Crippen LogP contribution >= 0.6 is 0 Å². The molecule has 36 heavy (non-hydrogen) atoms. The average molecular weight is 493 g/mol. The zero-order chi connectivity index (χ0) is 25.4. The molecule has 6 nitrogen and oxygen atoms in total. The molecule has 0 unspecified atom stereocenters. The minimum Gasteiger partial charge on any atom is -0.338 e. The Bertz CT molecular complexity index is 1480. The molecule has 9 heteroatoms. The number of pyridine rings is 1. The van der Waals surface area contributed by atoms with Crippen molar-refractivity contribution >= 4 is 23.1 Å². The third-order valence-corrected chi connectivity index (χ3v) is 6.46. The molecule has 0 spiro atoms. The zero-order valence-electron chi connectivity index (χ0n) is 19.5. The van der Waals surface area contributed by atoms with Crippen molar-refractivity contribution in [3.63, 3.8) is 0 Å². The van der Waals surface area contributed by atoms with Gasteiger partial charge in [-0.1, -0.05) is 12.1 Å². The van der Waals surface area contributed by atoms with Gasteiger partial charge in [0.2, 0.25) is 5.91 Å². The van der Waals surface area contributed by atoms with E-state index in [-0.39, 0.29) is 12.3 Å². The van der Waals surface area contributed by atoms with E-state index in [0.717, 1.165) is 34.6 Å². The molecule has 4 aromatic rings. The number of hydrogen-bond acceptors (Lipinski definition) is 3. The lowest BCUT2D eigenvalue weighted by Crippen LogP contribution is -2.37. The lowest BCUT2D eigenvalue weighted by atomic mass is 9.96. The van der Waals surface area contributed by atoms with Gasteiger partial charge >= 0.3 is 6.18 Å². The summed E-state index contributed by atoms with van der Waals surface area (Å²) >= 11 is 0. The maximum atomic E-state index is 13.0. The molecule has 2 aromatic heterocycles. The minimum atomic E-state index is -4.44. The summed E-state index contributed by atoms with van der Waals surface area (Å²) in [5, 5.41) is 2.70. The average Bonchev–Trinajstić information content (AvgIpc) is 3.26. The molecular formula is C27H23F3N4O2. The third-order valence-electron chi connectivity index (χ3n) is 6.46. The molecule has 1 aliphatic heterocycles. The second-order valence-corrected chi connectivity index (χ2v) is 8.89. The van der Waals surface area contributed by atoms with E-state index >= 15 is 0 Å². The Morgan fingerprint density at radius 3 is 2.67 bits per heavy atom. The van der Waals surface area contributed by atoms with Crippen LogP contribution in [0.4, 0.5) is 18.9 Å². The van der Waals surface area contributed by atoms with E-state index in [0.29, 0.717) is 36.3 Å². The molecule has 1 aliphatic rings. The number of rotatable bonds is 4. The van der Waals surface area contributed by atoms with E-state index < -0.39 is 17.6 Å². The quantitative estimate of drug-likeness (QED) is 0.434. The number of alkyl halides is 3. The van der Waals surface area contributed by atoms with Gasteiger partial charge in [0, 0.05) is 36.7 Å². The van der Waals surface area contributed by atoms with E-state index in [9.17, 15) is 22.8 Å². The highest BCUT2D eigenvalue weighted by atomic mass is 19.4. The molecule has 3 heterocycles. The first-order valence-electron chi connectivity index (χ1n) is 11.5. The lowest BCUT2D eigenvalue weighted by Gasteiger charge is -2.29. The van der Waals surface area contributed by atoms with Crippen molar-refractivity contribution in [1.82, 2.24) is 14.3 Å². The van der Waals surface area contributed by atoms with Crippen LogP contribution in [0.5, 0.6) is 0 Å². The standard InChI is InChI=1S/C27H23F3N4O2/c1-17-12-21(27(28,29)30)7-8-23(17)32-26(36)19-6-5-18-9-11-33(16-20(18)13-19)25(35)14-22-15-31-24-4-2-3-10-34(22)24/h2-8,10,12-13,15H,9,11,14,16H2,1H3,(H,32,36). The van der Waals surface area contributed by atoms with E-state index in [2.05, 4.69) is 10.3 Å². The number of anilines is 1. The van der Waals surface area contributed by atoms with Crippen LogP contribution in [-0.2, 0) is 30.4 Å². The number of nitrogens with zero attached hydrogens (tertiary/aromatic N) is 3. The van der Waals surface area contributed by atoms with Crippen LogP contribution < -0.4 is 5.32 Å². The van der Waals surface area contributed by atoms with Crippen LogP contribution in [0, 0.1) is 6.92 Å². The molecule has 0 saturated heterocycles. The minimum absolute atomic E-state index is 0.0264. The van der Waals surface area contributed by atoms with Crippen molar-refractivity contribution < 1.29 is 22.8 Å². The predicted octanol–water partition coefficient (Wildman–Crippen LogP) is 5.04. The fraction of sp³-hybridized carbons (Fsp3) is 0.222. The van der Waals surface area contributed by atoms with Gasteiger partial charge < -0.3 is 14.6 Å². The van der Waals surface area contributed by atoms with Gasteiger partial charge in [-0.2, -0.15) is 13.2 Å². The summed E-state index contributed by atoms with van der Waals surface area (Å²) in [6, 6.07) is 14.2. The van der Waals surface area contributed by atoms with Gasteiger partial charge in [-0.15, -0.1) is 0 Å². The fourth-order valence-corrected chi connectivity index (χ4v) is 4.47. The van der Waals surface area contributed by atoms with Crippen molar-refractivity contribution in [3.8, 4) is 0 Å². The van der Waals surface area contributed by atoms with E-state index in [1.165, 1.54) is 13.0 Å². The number of nitrogens with one attached hydrogen (secondary N) is 1. The normalized spacial score (nSPS) is 13.5. The monoisotopic (exact) mass is 492 g/mol. The smallest absolute Gasteiger partial charge is 0.338 e. The number of imidazole rings is 1. The second kappa shape index (κ2) is 9.14. The largest absolute Gasteiger partial charge is 0.416 e. The number of aryl methyl sites for hydroxylation is 1. The maximum Gasteiger partial charge on any atom is 0.416 e. The lowest BCUT2D eigenvalue weighted by molar-refractivity contribution is -0.137. The molecule has 0 radical (unpaired) electrons. The van der Waals surface area contributed by atoms with Crippen LogP contribution in [-0.4, -0.2) is 32.6 Å². The first-order chi connectivity index (χ1) is 17.2. The van der Waals surface area contributed by atoms with Gasteiger partial charge in [-0.25, -0.2) is 4.98 Å². The summed E-state index contributed by atoms with van der Waals surface area (Å²) in [6.45, 7) is 2.48. The summed E-state index contributed by atoms with van der Waals surface area (Å²) < 4.78 is 40.7. The van der Waals surface area contributed by atoms with Crippen LogP contribution in [0.2, 0.25) is 0 Å². The first kappa shape index (κ1) is 23.6. The molecule has 184 valence electrons. The summed E-state index contributed by atoms with van der Waals surface area (Å²) in [6.07, 6.45) is 0.0266. The number of carbonyl (C=O) groups is 2. The molecule has 0 atom stereocenters. The number of benzene rings is 2. The first-order valence-corrected chi connectivity index (χ1v) is 11.5. The Hall–Kier alpha value is -4.14. The summed E-state index contributed by atoms with van der Waals surface area (Å²) in [7, 11) is 0. The molecule has 2 aromatic carbocycles. The van der Waals surface area contributed by atoms with Gasteiger partial charge in [0.1, 0.15) is 5.65 Å². The highest BCUT2D eigenvalue weighted by molar-refractivity contribution is 6.04. The fourth-order valence-electron chi connectivity index (χ4n) is 4.47. The van der Waals surface area contributed by atoms with Gasteiger partial charge in [-0.3, -0.25) is 9.59 Å². The molecule has 2 amide bonds. The van der Waals surface area contributed by atoms with Crippen LogP contribution in [0.3, 0.4) is 0 Å². The van der Waals surface area contributed by atoms with Crippen LogP contribution in [0.1, 0.15) is 38.3 Å². The van der Waals surface area contributed by atoms with Crippen molar-refractivity contribution in [2.75, 3.05) is 11.9 Å². The number of fused-ring (bicyclic) bond motifs is 2. The molecular weight excluding hydrogens is 469 g/mol. The Labute approximate surface area is 205 Å². The summed E-state index contributed by atoms with van der Waals surface area (Å²) in [5.41, 5.74) is 3.78. The van der Waals surface area contributed by atoms with Gasteiger partial charge in [0.05, 0.1) is 17.7 Å². The van der Waals surface area contributed by atoms with Crippen LogP contribution in [0.15, 0.2) is 67.0 Å². The molecule has 0 aliphatic carbocycles. The van der Waals surface area contributed by atoms with E-state index in [4.69, 9.17) is 0 Å². The molecule has 1 N–H and O–H groups in total. The Morgan fingerprint density at radius 2 is 1.89 bits per heavy atom. The van der Waals surface area contributed by atoms with Crippen molar-refractivity contribution in [1.29, 1.82) is 0 Å². The van der Waals surface area contributed by atoms with Crippen molar-refractivity contribution in [2.24, 2.45) is 0 Å². The van der Waals surface area contributed by atoms with Gasteiger partial charge in [0.25, 0.3) is 5.91 Å². The molecule has 5 rings (SSSR count). The number of hydrogen-bond donors (Lipinski definition) is 1. The van der Waals surface area contributed by atoms with Gasteiger partial charge in [0.15, 0.2) is 0 Å². The van der Waals surface area contributed by atoms with Crippen LogP contribution in [0.25, 0.3) is 5.65 Å². The number of carbonyl (C=O) groups excluding carboxylic acids is 2.